The van der Waals surface area contributed by atoms with E-state index in [-0.39, 0.29) is 5.54 Å². The van der Waals surface area contributed by atoms with E-state index in [4.69, 9.17) is 0 Å². The van der Waals surface area contributed by atoms with E-state index in [1.165, 1.54) is 43.6 Å². The van der Waals surface area contributed by atoms with Crippen molar-refractivity contribution in [2.24, 2.45) is 11.8 Å². The topological polar surface area (TPSA) is 15.3 Å². The number of rotatable bonds is 3. The molecule has 3 aliphatic rings. The smallest absolute Gasteiger partial charge is 0.0379 e. The summed E-state index contributed by atoms with van der Waals surface area (Å²) in [6, 6.07) is 9.71. The highest BCUT2D eigenvalue weighted by Crippen LogP contribution is 2.50. The Hall–Kier alpha value is -1.54. The van der Waals surface area contributed by atoms with Crippen molar-refractivity contribution in [1.29, 1.82) is 0 Å². The summed E-state index contributed by atoms with van der Waals surface area (Å²) < 4.78 is 0. The first kappa shape index (κ1) is 16.9. The van der Waals surface area contributed by atoms with Gasteiger partial charge in [-0.3, -0.25) is 4.90 Å². The number of para-hydroxylation sites is 1. The molecule has 4 unspecified atom stereocenters. The van der Waals surface area contributed by atoms with Gasteiger partial charge in [-0.15, -0.1) is 0 Å². The Labute approximate surface area is 153 Å². The van der Waals surface area contributed by atoms with Gasteiger partial charge >= 0.3 is 0 Å². The molecular formula is C23H32N2. The molecule has 25 heavy (non-hydrogen) atoms. The number of likely N-dealkylation sites (tertiary alicyclic amines) is 1. The third-order valence-corrected chi connectivity index (χ3v) is 6.11. The zero-order valence-corrected chi connectivity index (χ0v) is 15.9. The van der Waals surface area contributed by atoms with Crippen molar-refractivity contribution < 1.29 is 0 Å². The lowest BCUT2D eigenvalue weighted by Gasteiger charge is -2.30. The number of hydrogen-bond donors (Lipinski definition) is 1. The van der Waals surface area contributed by atoms with Gasteiger partial charge in [-0.2, -0.15) is 0 Å². The quantitative estimate of drug-likeness (QED) is 0.815. The van der Waals surface area contributed by atoms with Gasteiger partial charge < -0.3 is 5.32 Å². The Kier molecular flexibility index (Phi) is 4.49. The first-order chi connectivity index (χ1) is 12.0. The number of fused-ring (bicyclic) bond motifs is 1. The molecule has 0 amide bonds. The van der Waals surface area contributed by atoms with Gasteiger partial charge in [0.25, 0.3) is 0 Å². The van der Waals surface area contributed by atoms with Crippen molar-refractivity contribution in [2.75, 3.05) is 18.4 Å². The lowest BCUT2D eigenvalue weighted by molar-refractivity contribution is 0.210. The molecule has 1 saturated heterocycles. The lowest BCUT2D eigenvalue weighted by atomic mass is 9.81. The molecule has 2 aliphatic carbocycles. The Morgan fingerprint density at radius 1 is 0.960 bits per heavy atom. The number of anilines is 1. The summed E-state index contributed by atoms with van der Waals surface area (Å²) in [7, 11) is 0. The molecule has 2 nitrogen and oxygen atoms in total. The van der Waals surface area contributed by atoms with Crippen molar-refractivity contribution in [1.82, 2.24) is 4.90 Å². The molecule has 1 aliphatic heterocycles. The van der Waals surface area contributed by atoms with Crippen LogP contribution >= 0.6 is 0 Å². The fourth-order valence-corrected chi connectivity index (χ4v) is 5.14. The number of benzene rings is 1. The van der Waals surface area contributed by atoms with Gasteiger partial charge in [0.1, 0.15) is 0 Å². The predicted octanol–water partition coefficient (Wildman–Crippen LogP) is 5.21. The second-order valence-electron chi connectivity index (χ2n) is 9.04. The minimum atomic E-state index is 0.0881. The minimum Gasteiger partial charge on any atom is -0.380 e. The van der Waals surface area contributed by atoms with Crippen molar-refractivity contribution in [3.8, 4) is 0 Å². The summed E-state index contributed by atoms with van der Waals surface area (Å²) >= 11 is 0. The third-order valence-electron chi connectivity index (χ3n) is 6.11. The van der Waals surface area contributed by atoms with Crippen molar-refractivity contribution >= 4 is 5.69 Å². The average molecular weight is 337 g/mol. The largest absolute Gasteiger partial charge is 0.380 e. The van der Waals surface area contributed by atoms with Crippen LogP contribution in [0.3, 0.4) is 0 Å². The second-order valence-corrected chi connectivity index (χ2v) is 9.04. The maximum atomic E-state index is 3.75. The number of allylic oxidation sites excluding steroid dienone is 3. The van der Waals surface area contributed by atoms with Crippen LogP contribution in [0.4, 0.5) is 5.69 Å². The van der Waals surface area contributed by atoms with Crippen LogP contribution in [0, 0.1) is 11.8 Å². The van der Waals surface area contributed by atoms with E-state index in [1.807, 2.05) is 0 Å². The maximum absolute atomic E-state index is 3.75. The molecule has 1 N–H and O–H groups in total. The third kappa shape index (κ3) is 3.42. The van der Waals surface area contributed by atoms with E-state index in [0.29, 0.717) is 23.8 Å². The maximum Gasteiger partial charge on any atom is 0.0379 e. The highest BCUT2D eigenvalue weighted by atomic mass is 15.2. The van der Waals surface area contributed by atoms with Gasteiger partial charge in [-0.25, -0.2) is 0 Å². The van der Waals surface area contributed by atoms with Gasteiger partial charge in [-0.1, -0.05) is 42.5 Å². The van der Waals surface area contributed by atoms with Crippen LogP contribution in [-0.2, 0) is 0 Å². The lowest BCUT2D eigenvalue weighted by Crippen LogP contribution is -2.36. The first-order valence-electron chi connectivity index (χ1n) is 9.99. The van der Waals surface area contributed by atoms with E-state index in [2.05, 4.69) is 79.6 Å². The molecule has 1 aromatic carbocycles. The summed E-state index contributed by atoms with van der Waals surface area (Å²) in [5.74, 6) is 1.93. The Morgan fingerprint density at radius 2 is 1.64 bits per heavy atom. The Morgan fingerprint density at radius 3 is 2.36 bits per heavy atom. The van der Waals surface area contributed by atoms with Crippen LogP contribution in [0.2, 0.25) is 0 Å². The Bertz CT molecular complexity index is 661. The standard InChI is InChI=1S/C23H32N2/c1-23(2,3)24-21-13-7-6-11-18(21)20-16-22(25-14-8-9-15-25)19-12-5-4-10-17(19)20/h4-7,10-13,17,19-20,22,24H,8-9,14-16H2,1-3H3. The fraction of sp³-hybridized carbons (Fsp3) is 0.565. The fourth-order valence-electron chi connectivity index (χ4n) is 5.14. The highest BCUT2D eigenvalue weighted by Gasteiger charge is 2.45. The average Bonchev–Trinajstić information content (AvgIpc) is 3.21. The van der Waals surface area contributed by atoms with Gasteiger partial charge in [-0.05, 0) is 82.5 Å². The zero-order chi connectivity index (χ0) is 17.4. The van der Waals surface area contributed by atoms with E-state index >= 15 is 0 Å². The molecule has 2 heteroatoms. The summed E-state index contributed by atoms with van der Waals surface area (Å²) in [6.45, 7) is 9.33. The minimum absolute atomic E-state index is 0.0881. The van der Waals surface area contributed by atoms with E-state index in [1.54, 1.807) is 0 Å². The first-order valence-corrected chi connectivity index (χ1v) is 9.99. The SMILES string of the molecule is CC(C)(C)Nc1ccccc1C1CC(N2CCCC2)C2C=CC=CC12. The molecule has 1 saturated carbocycles. The zero-order valence-electron chi connectivity index (χ0n) is 15.9. The van der Waals surface area contributed by atoms with E-state index in [0.717, 1.165) is 0 Å². The molecule has 2 fully saturated rings. The summed E-state index contributed by atoms with van der Waals surface area (Å²) in [5.41, 5.74) is 2.92. The van der Waals surface area contributed by atoms with Crippen molar-refractivity contribution in [3.05, 3.63) is 54.1 Å². The summed E-state index contributed by atoms with van der Waals surface area (Å²) in [4.78, 5) is 2.76. The number of hydrogen-bond acceptors (Lipinski definition) is 2. The summed E-state index contributed by atoms with van der Waals surface area (Å²) in [6.07, 6.45) is 13.5. The highest BCUT2D eigenvalue weighted by molar-refractivity contribution is 5.55. The monoisotopic (exact) mass is 336 g/mol. The molecule has 0 spiro atoms. The van der Waals surface area contributed by atoms with Crippen LogP contribution in [0.15, 0.2) is 48.6 Å². The normalized spacial score (nSPS) is 32.1. The predicted molar refractivity (Wildman–Crippen MR) is 107 cm³/mol. The van der Waals surface area contributed by atoms with Crippen molar-refractivity contribution in [2.45, 2.75) is 57.5 Å². The van der Waals surface area contributed by atoms with Crippen LogP contribution in [0.5, 0.6) is 0 Å². The molecule has 4 atom stereocenters. The molecule has 4 rings (SSSR count). The number of nitrogens with one attached hydrogen (secondary N) is 1. The molecule has 0 radical (unpaired) electrons. The molecule has 0 aromatic heterocycles. The molecule has 1 aromatic rings. The van der Waals surface area contributed by atoms with Gasteiger partial charge in [0.05, 0.1) is 0 Å². The number of nitrogens with zero attached hydrogens (tertiary/aromatic N) is 1. The molecule has 1 heterocycles. The van der Waals surface area contributed by atoms with Crippen molar-refractivity contribution in [3.63, 3.8) is 0 Å². The van der Waals surface area contributed by atoms with E-state index in [9.17, 15) is 0 Å². The Balaban J connectivity index is 1.66. The van der Waals surface area contributed by atoms with Crippen LogP contribution in [-0.4, -0.2) is 29.6 Å². The van der Waals surface area contributed by atoms with Crippen LogP contribution in [0.1, 0.15) is 51.5 Å². The summed E-state index contributed by atoms with van der Waals surface area (Å²) in [5, 5.41) is 3.75. The molecule has 134 valence electrons. The van der Waals surface area contributed by atoms with Crippen LogP contribution < -0.4 is 5.32 Å². The second kappa shape index (κ2) is 6.64. The molecule has 0 bridgehead atoms. The van der Waals surface area contributed by atoms with E-state index < -0.39 is 0 Å². The molecular weight excluding hydrogens is 304 g/mol. The van der Waals surface area contributed by atoms with Gasteiger partial charge in [0, 0.05) is 17.3 Å². The van der Waals surface area contributed by atoms with Gasteiger partial charge in [0.15, 0.2) is 0 Å². The van der Waals surface area contributed by atoms with Crippen LogP contribution in [0.25, 0.3) is 0 Å². The van der Waals surface area contributed by atoms with Gasteiger partial charge in [0.2, 0.25) is 0 Å².